The van der Waals surface area contributed by atoms with Gasteiger partial charge in [0.05, 0.1) is 10.0 Å². The molecule has 8 heteroatoms. The van der Waals surface area contributed by atoms with Crippen LogP contribution >= 0.6 is 35.6 Å². The number of carbonyl (C=O) groups excluding carboxylic acids is 1. The van der Waals surface area contributed by atoms with E-state index in [0.29, 0.717) is 44.7 Å². The number of aryl methyl sites for hydroxylation is 1. The Labute approximate surface area is 168 Å². The average Bonchev–Trinajstić information content (AvgIpc) is 3.10. The smallest absolute Gasteiger partial charge is 0.257 e. The minimum atomic E-state index is -0.184. The summed E-state index contributed by atoms with van der Waals surface area (Å²) in [5.41, 5.74) is 1.32. The van der Waals surface area contributed by atoms with E-state index in [1.165, 1.54) is 12.8 Å². The van der Waals surface area contributed by atoms with E-state index in [0.717, 1.165) is 12.8 Å². The maximum absolute atomic E-state index is 12.9. The molecule has 0 spiro atoms. The molecule has 2 aliphatic rings. The van der Waals surface area contributed by atoms with E-state index >= 15 is 0 Å². The molecule has 2 unspecified atom stereocenters. The molecule has 1 aromatic heterocycles. The molecule has 5 nitrogen and oxygen atoms in total. The Morgan fingerprint density at radius 3 is 2.46 bits per heavy atom. The first-order chi connectivity index (χ1) is 12.0. The Kier molecular flexibility index (Phi) is 5.82. The van der Waals surface area contributed by atoms with Gasteiger partial charge in [-0.25, -0.2) is 0 Å². The fourth-order valence-corrected chi connectivity index (χ4v) is 4.54. The molecule has 0 radical (unpaired) electrons. The molecular formula is C18H20Cl3N3O2. The minimum Gasteiger partial charge on any atom is -0.360 e. The van der Waals surface area contributed by atoms with Crippen molar-refractivity contribution in [1.29, 1.82) is 0 Å². The van der Waals surface area contributed by atoms with Gasteiger partial charge in [0.25, 0.3) is 5.91 Å². The highest BCUT2D eigenvalue weighted by atomic mass is 35.5. The van der Waals surface area contributed by atoms with E-state index in [9.17, 15) is 4.79 Å². The highest BCUT2D eigenvalue weighted by Gasteiger charge is 2.35. The summed E-state index contributed by atoms with van der Waals surface area (Å²) in [7, 11) is 0. The number of benzene rings is 1. The lowest BCUT2D eigenvalue weighted by molar-refractivity contribution is 0.0923. The van der Waals surface area contributed by atoms with Crippen molar-refractivity contribution >= 4 is 41.5 Å². The third-order valence-electron chi connectivity index (χ3n) is 5.10. The average molecular weight is 417 g/mol. The van der Waals surface area contributed by atoms with E-state index in [-0.39, 0.29) is 24.4 Å². The van der Waals surface area contributed by atoms with Crippen LogP contribution in [0.4, 0.5) is 0 Å². The topological polar surface area (TPSA) is 67.2 Å². The predicted molar refractivity (Wildman–Crippen MR) is 104 cm³/mol. The molecule has 2 N–H and O–H groups in total. The number of rotatable bonds is 3. The first-order valence-corrected chi connectivity index (χ1v) is 9.26. The molecular weight excluding hydrogens is 397 g/mol. The van der Waals surface area contributed by atoms with Gasteiger partial charge in [-0.2, -0.15) is 0 Å². The molecule has 2 bridgehead atoms. The lowest BCUT2D eigenvalue weighted by Gasteiger charge is -2.29. The highest BCUT2D eigenvalue weighted by Crippen LogP contribution is 2.37. The zero-order valence-corrected chi connectivity index (χ0v) is 16.5. The van der Waals surface area contributed by atoms with Crippen LogP contribution in [0.15, 0.2) is 22.7 Å². The van der Waals surface area contributed by atoms with Crippen molar-refractivity contribution in [3.05, 3.63) is 39.6 Å². The van der Waals surface area contributed by atoms with Gasteiger partial charge in [-0.3, -0.25) is 4.79 Å². The van der Waals surface area contributed by atoms with Crippen LogP contribution in [-0.2, 0) is 0 Å². The highest BCUT2D eigenvalue weighted by molar-refractivity contribution is 6.39. The van der Waals surface area contributed by atoms with Crippen molar-refractivity contribution in [2.75, 3.05) is 0 Å². The van der Waals surface area contributed by atoms with Crippen LogP contribution in [0.2, 0.25) is 10.0 Å². The molecule has 0 aliphatic carbocycles. The second kappa shape index (κ2) is 7.77. The monoisotopic (exact) mass is 415 g/mol. The number of hydrogen-bond donors (Lipinski definition) is 2. The summed E-state index contributed by atoms with van der Waals surface area (Å²) < 4.78 is 5.28. The first-order valence-electron chi connectivity index (χ1n) is 8.50. The van der Waals surface area contributed by atoms with Crippen molar-refractivity contribution in [2.24, 2.45) is 0 Å². The van der Waals surface area contributed by atoms with Gasteiger partial charge in [0.1, 0.15) is 17.0 Å². The lowest BCUT2D eigenvalue weighted by Crippen LogP contribution is -2.48. The molecule has 4 rings (SSSR count). The quantitative estimate of drug-likeness (QED) is 0.778. The van der Waals surface area contributed by atoms with Crippen molar-refractivity contribution < 1.29 is 9.32 Å². The fraction of sp³-hybridized carbons (Fsp3) is 0.444. The third-order valence-corrected chi connectivity index (χ3v) is 5.73. The molecule has 2 saturated heterocycles. The summed E-state index contributed by atoms with van der Waals surface area (Å²) in [5, 5.41) is 11.6. The summed E-state index contributed by atoms with van der Waals surface area (Å²) in [6.45, 7) is 1.72. The SMILES string of the molecule is Cc1onc(-c2c(Cl)cccc2Cl)c1C(=O)NC1CC2CCC(C1)N2.Cl. The third kappa shape index (κ3) is 3.58. The minimum absolute atomic E-state index is 0. The maximum atomic E-state index is 12.9. The largest absolute Gasteiger partial charge is 0.360 e. The number of nitrogens with one attached hydrogen (secondary N) is 2. The van der Waals surface area contributed by atoms with E-state index in [2.05, 4.69) is 15.8 Å². The Bertz CT molecular complexity index is 792. The number of carbonyl (C=O) groups is 1. The van der Waals surface area contributed by atoms with Crippen molar-refractivity contribution in [3.63, 3.8) is 0 Å². The number of aromatic nitrogens is 1. The second-order valence-corrected chi connectivity index (χ2v) is 7.65. The number of fused-ring (bicyclic) bond motifs is 2. The summed E-state index contributed by atoms with van der Waals surface area (Å²) in [4.78, 5) is 12.9. The van der Waals surface area contributed by atoms with E-state index in [1.54, 1.807) is 25.1 Å². The molecule has 140 valence electrons. The van der Waals surface area contributed by atoms with Crippen LogP contribution in [0.25, 0.3) is 11.3 Å². The van der Waals surface area contributed by atoms with Gasteiger partial charge in [-0.15, -0.1) is 12.4 Å². The van der Waals surface area contributed by atoms with Gasteiger partial charge >= 0.3 is 0 Å². The van der Waals surface area contributed by atoms with E-state index in [1.807, 2.05) is 0 Å². The Hall–Kier alpha value is -1.27. The van der Waals surface area contributed by atoms with Crippen LogP contribution in [0.1, 0.15) is 41.8 Å². The normalized spacial score (nSPS) is 24.2. The van der Waals surface area contributed by atoms with Crippen molar-refractivity contribution in [2.45, 2.75) is 50.7 Å². The summed E-state index contributed by atoms with van der Waals surface area (Å²) >= 11 is 12.6. The molecule has 2 atom stereocenters. The van der Waals surface area contributed by atoms with Crippen LogP contribution in [-0.4, -0.2) is 29.2 Å². The zero-order chi connectivity index (χ0) is 17.6. The van der Waals surface area contributed by atoms with Crippen molar-refractivity contribution in [1.82, 2.24) is 15.8 Å². The lowest BCUT2D eigenvalue weighted by atomic mass is 9.98. The van der Waals surface area contributed by atoms with Crippen LogP contribution in [0.3, 0.4) is 0 Å². The number of piperidine rings is 1. The van der Waals surface area contributed by atoms with Crippen LogP contribution < -0.4 is 10.6 Å². The fourth-order valence-electron chi connectivity index (χ4n) is 3.97. The van der Waals surface area contributed by atoms with Gasteiger partial charge < -0.3 is 15.2 Å². The van der Waals surface area contributed by atoms with Gasteiger partial charge in [-0.1, -0.05) is 34.4 Å². The zero-order valence-electron chi connectivity index (χ0n) is 14.2. The standard InChI is InChI=1S/C18H19Cl2N3O2.ClH/c1-9-15(17(23-25-9)16-13(19)3-2-4-14(16)20)18(24)22-12-7-10-5-6-11(8-12)21-10;/h2-4,10-12,21H,5-8H2,1H3,(H,22,24);1H. The molecule has 2 fully saturated rings. The first kappa shape index (κ1) is 19.5. The number of hydrogen-bond acceptors (Lipinski definition) is 4. The molecule has 3 heterocycles. The predicted octanol–water partition coefficient (Wildman–Crippen LogP) is 4.39. The van der Waals surface area contributed by atoms with Gasteiger partial charge in [-0.05, 0) is 44.7 Å². The molecule has 26 heavy (non-hydrogen) atoms. The van der Waals surface area contributed by atoms with Crippen LogP contribution in [0.5, 0.6) is 0 Å². The number of nitrogens with zero attached hydrogens (tertiary/aromatic N) is 1. The van der Waals surface area contributed by atoms with E-state index in [4.69, 9.17) is 27.7 Å². The van der Waals surface area contributed by atoms with E-state index < -0.39 is 0 Å². The van der Waals surface area contributed by atoms with Gasteiger partial charge in [0.2, 0.25) is 0 Å². The molecule has 0 saturated carbocycles. The summed E-state index contributed by atoms with van der Waals surface area (Å²) in [5.74, 6) is 0.274. The second-order valence-electron chi connectivity index (χ2n) is 6.84. The molecule has 2 aliphatic heterocycles. The van der Waals surface area contributed by atoms with Crippen molar-refractivity contribution in [3.8, 4) is 11.3 Å². The molecule has 1 amide bonds. The summed E-state index contributed by atoms with van der Waals surface area (Å²) in [6.07, 6.45) is 4.27. The Morgan fingerprint density at radius 2 is 1.85 bits per heavy atom. The Morgan fingerprint density at radius 1 is 1.23 bits per heavy atom. The molecule has 1 aromatic carbocycles. The van der Waals surface area contributed by atoms with Crippen LogP contribution in [0, 0.1) is 6.92 Å². The van der Waals surface area contributed by atoms with Gasteiger partial charge in [0.15, 0.2) is 0 Å². The maximum Gasteiger partial charge on any atom is 0.257 e. The summed E-state index contributed by atoms with van der Waals surface area (Å²) in [6, 6.07) is 6.37. The molecule has 2 aromatic rings. The Balaban J connectivity index is 0.00000196. The number of amides is 1. The number of halogens is 3. The van der Waals surface area contributed by atoms with Gasteiger partial charge in [0, 0.05) is 23.7 Å².